The molecule has 2 aromatic carbocycles. The van der Waals surface area contributed by atoms with Crippen LogP contribution in [0.2, 0.25) is 5.02 Å². The number of aliphatic hydroxyl groups excluding tert-OH is 1. The smallest absolute Gasteiger partial charge is 0.262 e. The molecule has 2 aromatic rings. The van der Waals surface area contributed by atoms with E-state index in [1.165, 1.54) is 18.2 Å². The lowest BCUT2D eigenvalue weighted by Crippen LogP contribution is -2.20. The summed E-state index contributed by atoms with van der Waals surface area (Å²) in [4.78, 5) is 11.7. The number of nitrogens with one attached hydrogen (secondary N) is 1. The van der Waals surface area contributed by atoms with Crippen LogP contribution in [0.3, 0.4) is 0 Å². The van der Waals surface area contributed by atoms with Crippen LogP contribution >= 0.6 is 11.6 Å². The third-order valence-corrected chi connectivity index (χ3v) is 2.95. The summed E-state index contributed by atoms with van der Waals surface area (Å²) in [6.07, 6.45) is 0. The predicted molar refractivity (Wildman–Crippen MR) is 77.9 cm³/mol. The molecule has 0 atom stereocenters. The van der Waals surface area contributed by atoms with Gasteiger partial charge in [0, 0.05) is 16.3 Å². The van der Waals surface area contributed by atoms with E-state index in [0.717, 1.165) is 0 Å². The van der Waals surface area contributed by atoms with Gasteiger partial charge in [0.2, 0.25) is 0 Å². The third kappa shape index (κ3) is 4.18. The third-order valence-electron chi connectivity index (χ3n) is 2.69. The van der Waals surface area contributed by atoms with E-state index >= 15 is 0 Å². The number of ether oxygens (including phenoxy) is 1. The molecule has 21 heavy (non-hydrogen) atoms. The van der Waals surface area contributed by atoms with Gasteiger partial charge in [-0.05, 0) is 30.3 Å². The van der Waals surface area contributed by atoms with Gasteiger partial charge in [-0.15, -0.1) is 0 Å². The number of hydrogen-bond donors (Lipinski definition) is 2. The molecule has 4 nitrogen and oxygen atoms in total. The van der Waals surface area contributed by atoms with Gasteiger partial charge < -0.3 is 15.2 Å². The Hall–Kier alpha value is -2.11. The van der Waals surface area contributed by atoms with Crippen LogP contribution in [0.5, 0.6) is 5.75 Å². The first kappa shape index (κ1) is 15.3. The molecule has 0 radical (unpaired) electrons. The first-order valence-electron chi connectivity index (χ1n) is 6.16. The number of rotatable bonds is 5. The lowest BCUT2D eigenvalue weighted by atomic mass is 10.2. The molecule has 2 rings (SSSR count). The quantitative estimate of drug-likeness (QED) is 0.892. The van der Waals surface area contributed by atoms with Gasteiger partial charge in [0.25, 0.3) is 5.91 Å². The van der Waals surface area contributed by atoms with Crippen molar-refractivity contribution < 1.29 is 19.0 Å². The van der Waals surface area contributed by atoms with E-state index in [0.29, 0.717) is 10.7 Å². The standard InChI is InChI=1S/C15H13ClFNO3/c16-11-4-6-12(7-5-11)18-14(20)9-21-15-10(8-19)2-1-3-13(15)17/h1-7,19H,8-9H2,(H,18,20). The van der Waals surface area contributed by atoms with Gasteiger partial charge in [-0.1, -0.05) is 23.7 Å². The zero-order valence-electron chi connectivity index (χ0n) is 11.0. The van der Waals surface area contributed by atoms with Crippen LogP contribution in [0.4, 0.5) is 10.1 Å². The topological polar surface area (TPSA) is 58.6 Å². The Kier molecular flexibility index (Phi) is 5.14. The van der Waals surface area contributed by atoms with Crippen LogP contribution in [0.1, 0.15) is 5.56 Å². The van der Waals surface area contributed by atoms with Crippen LogP contribution in [-0.4, -0.2) is 17.6 Å². The molecular formula is C15H13ClFNO3. The number of benzene rings is 2. The molecule has 6 heteroatoms. The number of halogens is 2. The van der Waals surface area contributed by atoms with Gasteiger partial charge in [-0.3, -0.25) is 4.79 Å². The first-order chi connectivity index (χ1) is 10.1. The second-order valence-electron chi connectivity index (χ2n) is 4.23. The van der Waals surface area contributed by atoms with E-state index in [1.807, 2.05) is 0 Å². The second kappa shape index (κ2) is 7.06. The minimum atomic E-state index is -0.624. The number of carbonyl (C=O) groups excluding carboxylic acids is 1. The normalized spacial score (nSPS) is 10.2. The van der Waals surface area contributed by atoms with Crippen LogP contribution in [0.25, 0.3) is 0 Å². The average molecular weight is 310 g/mol. The van der Waals surface area contributed by atoms with Crippen molar-refractivity contribution in [1.82, 2.24) is 0 Å². The Balaban J connectivity index is 1.97. The highest BCUT2D eigenvalue weighted by atomic mass is 35.5. The van der Waals surface area contributed by atoms with Gasteiger partial charge >= 0.3 is 0 Å². The summed E-state index contributed by atoms with van der Waals surface area (Å²) in [7, 11) is 0. The molecule has 0 aliphatic rings. The highest BCUT2D eigenvalue weighted by molar-refractivity contribution is 6.30. The Morgan fingerprint density at radius 1 is 1.24 bits per heavy atom. The fourth-order valence-electron chi connectivity index (χ4n) is 1.71. The predicted octanol–water partition coefficient (Wildman–Crippen LogP) is 2.99. The van der Waals surface area contributed by atoms with E-state index in [1.54, 1.807) is 24.3 Å². The van der Waals surface area contributed by atoms with Crippen LogP contribution in [-0.2, 0) is 11.4 Å². The van der Waals surface area contributed by atoms with E-state index in [9.17, 15) is 9.18 Å². The summed E-state index contributed by atoms with van der Waals surface area (Å²) in [5.41, 5.74) is 0.846. The molecule has 0 heterocycles. The monoisotopic (exact) mass is 309 g/mol. The molecule has 1 amide bonds. The van der Waals surface area contributed by atoms with Crippen molar-refractivity contribution in [2.45, 2.75) is 6.61 Å². The number of anilines is 1. The maximum Gasteiger partial charge on any atom is 0.262 e. The van der Waals surface area contributed by atoms with Crippen molar-refractivity contribution in [1.29, 1.82) is 0 Å². The fourth-order valence-corrected chi connectivity index (χ4v) is 1.83. The van der Waals surface area contributed by atoms with E-state index in [4.69, 9.17) is 21.4 Å². The highest BCUT2D eigenvalue weighted by Gasteiger charge is 2.11. The minimum Gasteiger partial charge on any atom is -0.480 e. The largest absolute Gasteiger partial charge is 0.480 e. The number of carbonyl (C=O) groups is 1. The minimum absolute atomic E-state index is 0.119. The molecule has 110 valence electrons. The summed E-state index contributed by atoms with van der Waals surface area (Å²) in [5.74, 6) is -1.18. The van der Waals surface area contributed by atoms with Gasteiger partial charge in [0.05, 0.1) is 6.61 Å². The molecule has 0 saturated carbocycles. The van der Waals surface area contributed by atoms with Crippen molar-refractivity contribution in [3.05, 3.63) is 58.9 Å². The van der Waals surface area contributed by atoms with Gasteiger partial charge in [-0.25, -0.2) is 4.39 Å². The number of para-hydroxylation sites is 1. The molecule has 0 spiro atoms. The Morgan fingerprint density at radius 3 is 2.62 bits per heavy atom. The molecule has 0 fully saturated rings. The zero-order valence-corrected chi connectivity index (χ0v) is 11.7. The summed E-state index contributed by atoms with van der Waals surface area (Å²) in [5, 5.41) is 12.3. The maximum atomic E-state index is 13.6. The van der Waals surface area contributed by atoms with Crippen molar-refractivity contribution in [3.8, 4) is 5.75 Å². The maximum absolute atomic E-state index is 13.6. The fraction of sp³-hybridized carbons (Fsp3) is 0.133. The molecule has 0 aromatic heterocycles. The van der Waals surface area contributed by atoms with Crippen molar-refractivity contribution in [2.75, 3.05) is 11.9 Å². The van der Waals surface area contributed by atoms with Gasteiger partial charge in [-0.2, -0.15) is 0 Å². The molecule has 0 saturated heterocycles. The summed E-state index contributed by atoms with van der Waals surface area (Å²) < 4.78 is 18.7. The highest BCUT2D eigenvalue weighted by Crippen LogP contribution is 2.22. The molecule has 0 bridgehead atoms. The summed E-state index contributed by atoms with van der Waals surface area (Å²) >= 11 is 5.74. The van der Waals surface area contributed by atoms with Crippen molar-refractivity contribution in [2.24, 2.45) is 0 Å². The summed E-state index contributed by atoms with van der Waals surface area (Å²) in [6.45, 7) is -0.734. The average Bonchev–Trinajstić information content (AvgIpc) is 2.48. The first-order valence-corrected chi connectivity index (χ1v) is 6.54. The van der Waals surface area contributed by atoms with Gasteiger partial charge in [0.1, 0.15) is 0 Å². The van der Waals surface area contributed by atoms with Crippen LogP contribution < -0.4 is 10.1 Å². The Bertz CT molecular complexity index is 631. The number of amides is 1. The zero-order chi connectivity index (χ0) is 15.2. The SMILES string of the molecule is O=C(COc1c(F)cccc1CO)Nc1ccc(Cl)cc1. The Morgan fingerprint density at radius 2 is 1.95 bits per heavy atom. The molecule has 0 aliphatic heterocycles. The second-order valence-corrected chi connectivity index (χ2v) is 4.67. The molecule has 0 unspecified atom stereocenters. The van der Waals surface area contributed by atoms with E-state index < -0.39 is 11.7 Å². The lowest BCUT2D eigenvalue weighted by molar-refractivity contribution is -0.118. The van der Waals surface area contributed by atoms with Gasteiger partial charge in [0.15, 0.2) is 18.2 Å². The lowest BCUT2D eigenvalue weighted by Gasteiger charge is -2.11. The van der Waals surface area contributed by atoms with Crippen molar-refractivity contribution >= 4 is 23.2 Å². The van der Waals surface area contributed by atoms with Crippen molar-refractivity contribution in [3.63, 3.8) is 0 Å². The summed E-state index contributed by atoms with van der Waals surface area (Å²) in [6, 6.07) is 10.7. The number of aliphatic hydroxyl groups is 1. The molecule has 2 N–H and O–H groups in total. The number of hydrogen-bond acceptors (Lipinski definition) is 3. The molecular weight excluding hydrogens is 297 g/mol. The van der Waals surface area contributed by atoms with E-state index in [-0.39, 0.29) is 24.5 Å². The Labute approximate surface area is 126 Å². The van der Waals surface area contributed by atoms with E-state index in [2.05, 4.69) is 5.32 Å². The van der Waals surface area contributed by atoms with Crippen LogP contribution in [0, 0.1) is 5.82 Å². The molecule has 0 aliphatic carbocycles. The van der Waals surface area contributed by atoms with Crippen LogP contribution in [0.15, 0.2) is 42.5 Å².